The van der Waals surface area contributed by atoms with E-state index in [2.05, 4.69) is 5.32 Å². The molecule has 0 fully saturated rings. The van der Waals surface area contributed by atoms with Crippen LogP contribution in [0.15, 0.2) is 16.7 Å². The summed E-state index contributed by atoms with van der Waals surface area (Å²) in [5, 5.41) is 10.8. The molecule has 5 heteroatoms. The lowest BCUT2D eigenvalue weighted by molar-refractivity contribution is -0.138. The van der Waals surface area contributed by atoms with E-state index in [1.165, 1.54) is 13.2 Å². The number of aryl methyl sites for hydroxylation is 1. The molecule has 1 atom stereocenters. The standard InChI is InChI=1S/C9H11NO4/c1-5-3-4-14-7(5)8(11)10-6(2)9(12)13/h3-4,6H,1-2H3,(H,10,11)(H,12,13)/t6-/m1/s1. The summed E-state index contributed by atoms with van der Waals surface area (Å²) in [6.07, 6.45) is 1.38. The van der Waals surface area contributed by atoms with Gasteiger partial charge in [-0.05, 0) is 19.9 Å². The van der Waals surface area contributed by atoms with Crippen LogP contribution < -0.4 is 5.32 Å². The summed E-state index contributed by atoms with van der Waals surface area (Å²) in [5.74, 6) is -1.44. The number of carbonyl (C=O) groups excluding carboxylic acids is 1. The van der Waals surface area contributed by atoms with Gasteiger partial charge in [-0.2, -0.15) is 0 Å². The number of aliphatic carboxylic acids is 1. The van der Waals surface area contributed by atoms with E-state index in [0.29, 0.717) is 5.56 Å². The third-order valence-corrected chi connectivity index (χ3v) is 1.79. The predicted molar refractivity (Wildman–Crippen MR) is 48.0 cm³/mol. The Balaban J connectivity index is 2.69. The van der Waals surface area contributed by atoms with Gasteiger partial charge < -0.3 is 14.8 Å². The molecule has 0 saturated carbocycles. The Bertz CT molecular complexity index is 355. The van der Waals surface area contributed by atoms with Gasteiger partial charge in [0.2, 0.25) is 0 Å². The molecule has 1 aromatic heterocycles. The number of carboxylic acids is 1. The molecule has 0 bridgehead atoms. The number of carboxylic acid groups (broad SMARTS) is 1. The molecule has 1 amide bonds. The summed E-state index contributed by atoms with van der Waals surface area (Å²) < 4.78 is 4.90. The molecule has 0 aliphatic carbocycles. The minimum Gasteiger partial charge on any atom is -0.480 e. The largest absolute Gasteiger partial charge is 0.480 e. The quantitative estimate of drug-likeness (QED) is 0.750. The third-order valence-electron chi connectivity index (χ3n) is 1.79. The van der Waals surface area contributed by atoms with Gasteiger partial charge in [0, 0.05) is 5.56 Å². The van der Waals surface area contributed by atoms with Crippen LogP contribution in [0.1, 0.15) is 23.0 Å². The molecule has 0 radical (unpaired) electrons. The molecule has 5 nitrogen and oxygen atoms in total. The van der Waals surface area contributed by atoms with Gasteiger partial charge in [-0.15, -0.1) is 0 Å². The summed E-state index contributed by atoms with van der Waals surface area (Å²) in [5.41, 5.74) is 0.681. The van der Waals surface area contributed by atoms with Crippen molar-refractivity contribution < 1.29 is 19.1 Å². The zero-order valence-corrected chi connectivity index (χ0v) is 7.90. The van der Waals surface area contributed by atoms with Crippen LogP contribution >= 0.6 is 0 Å². The van der Waals surface area contributed by atoms with E-state index in [1.54, 1.807) is 13.0 Å². The van der Waals surface area contributed by atoms with Crippen molar-refractivity contribution in [2.24, 2.45) is 0 Å². The monoisotopic (exact) mass is 197 g/mol. The minimum atomic E-state index is -1.08. The Labute approximate surface area is 80.7 Å². The second kappa shape index (κ2) is 3.95. The van der Waals surface area contributed by atoms with Crippen LogP contribution in [-0.2, 0) is 4.79 Å². The first-order valence-corrected chi connectivity index (χ1v) is 4.10. The van der Waals surface area contributed by atoms with Crippen molar-refractivity contribution in [2.45, 2.75) is 19.9 Å². The number of nitrogens with one attached hydrogen (secondary N) is 1. The summed E-state index contributed by atoms with van der Waals surface area (Å²) in [6, 6.07) is 0.715. The van der Waals surface area contributed by atoms with Crippen molar-refractivity contribution in [1.82, 2.24) is 5.32 Å². The van der Waals surface area contributed by atoms with Crippen molar-refractivity contribution in [1.29, 1.82) is 0 Å². The van der Waals surface area contributed by atoms with Crippen LogP contribution in [0.25, 0.3) is 0 Å². The second-order valence-corrected chi connectivity index (χ2v) is 2.97. The van der Waals surface area contributed by atoms with Crippen molar-refractivity contribution in [3.63, 3.8) is 0 Å². The van der Waals surface area contributed by atoms with Gasteiger partial charge in [0.15, 0.2) is 5.76 Å². The summed E-state index contributed by atoms with van der Waals surface area (Å²) >= 11 is 0. The number of hydrogen-bond acceptors (Lipinski definition) is 3. The van der Waals surface area contributed by atoms with Gasteiger partial charge in [-0.3, -0.25) is 9.59 Å². The molecule has 0 aromatic carbocycles. The van der Waals surface area contributed by atoms with Crippen molar-refractivity contribution in [3.05, 3.63) is 23.7 Å². The number of carbonyl (C=O) groups is 2. The highest BCUT2D eigenvalue weighted by Crippen LogP contribution is 2.08. The van der Waals surface area contributed by atoms with Gasteiger partial charge in [-0.1, -0.05) is 0 Å². The van der Waals surface area contributed by atoms with E-state index in [0.717, 1.165) is 0 Å². The molecule has 0 unspecified atom stereocenters. The number of furan rings is 1. The van der Waals surface area contributed by atoms with E-state index in [4.69, 9.17) is 9.52 Å². The SMILES string of the molecule is Cc1ccoc1C(=O)N[C@H](C)C(=O)O. The minimum absolute atomic E-state index is 0.151. The lowest BCUT2D eigenvalue weighted by atomic mass is 10.2. The average Bonchev–Trinajstić information content (AvgIpc) is 2.51. The molecule has 14 heavy (non-hydrogen) atoms. The second-order valence-electron chi connectivity index (χ2n) is 2.97. The maximum atomic E-state index is 11.4. The maximum absolute atomic E-state index is 11.4. The first-order chi connectivity index (χ1) is 6.52. The fraction of sp³-hybridized carbons (Fsp3) is 0.333. The lowest BCUT2D eigenvalue weighted by Gasteiger charge is -2.07. The number of amides is 1. The fourth-order valence-corrected chi connectivity index (χ4v) is 0.929. The molecule has 1 heterocycles. The highest BCUT2D eigenvalue weighted by atomic mass is 16.4. The van der Waals surface area contributed by atoms with Crippen molar-refractivity contribution in [2.75, 3.05) is 0 Å². The molecule has 2 N–H and O–H groups in total. The topological polar surface area (TPSA) is 79.5 Å². The van der Waals surface area contributed by atoms with Crippen LogP contribution in [0.3, 0.4) is 0 Å². The maximum Gasteiger partial charge on any atom is 0.325 e. The van der Waals surface area contributed by atoms with Gasteiger partial charge >= 0.3 is 5.97 Å². The first-order valence-electron chi connectivity index (χ1n) is 4.10. The van der Waals surface area contributed by atoms with E-state index in [-0.39, 0.29) is 5.76 Å². The zero-order chi connectivity index (χ0) is 10.7. The summed E-state index contributed by atoms with van der Waals surface area (Å²) in [7, 11) is 0. The Hall–Kier alpha value is -1.78. The van der Waals surface area contributed by atoms with Crippen LogP contribution in [0, 0.1) is 6.92 Å². The Morgan fingerprint density at radius 1 is 1.57 bits per heavy atom. The third kappa shape index (κ3) is 2.12. The van der Waals surface area contributed by atoms with E-state index >= 15 is 0 Å². The first kappa shape index (κ1) is 10.3. The molecule has 0 saturated heterocycles. The molecule has 1 aromatic rings. The van der Waals surface area contributed by atoms with Crippen molar-refractivity contribution in [3.8, 4) is 0 Å². The number of rotatable bonds is 3. The highest BCUT2D eigenvalue weighted by Gasteiger charge is 2.18. The summed E-state index contributed by atoms with van der Waals surface area (Å²) in [6.45, 7) is 3.10. The molecule has 0 aliphatic heterocycles. The predicted octanol–water partition coefficient (Wildman–Crippen LogP) is 0.791. The van der Waals surface area contributed by atoms with E-state index in [9.17, 15) is 9.59 Å². The van der Waals surface area contributed by atoms with Crippen molar-refractivity contribution >= 4 is 11.9 Å². The van der Waals surface area contributed by atoms with E-state index in [1.807, 2.05) is 0 Å². The molecular weight excluding hydrogens is 186 g/mol. The van der Waals surface area contributed by atoms with Crippen LogP contribution in [0.5, 0.6) is 0 Å². The Kier molecular flexibility index (Phi) is 2.91. The van der Waals surface area contributed by atoms with Gasteiger partial charge in [0.1, 0.15) is 6.04 Å². The highest BCUT2D eigenvalue weighted by molar-refractivity contribution is 5.95. The molecule has 76 valence electrons. The zero-order valence-electron chi connectivity index (χ0n) is 7.90. The Morgan fingerprint density at radius 3 is 2.64 bits per heavy atom. The molecular formula is C9H11NO4. The van der Waals surface area contributed by atoms with Gasteiger partial charge in [-0.25, -0.2) is 0 Å². The van der Waals surface area contributed by atoms with Gasteiger partial charge in [0.05, 0.1) is 6.26 Å². The number of hydrogen-bond donors (Lipinski definition) is 2. The molecule has 1 rings (SSSR count). The van der Waals surface area contributed by atoms with Crippen LogP contribution in [0.4, 0.5) is 0 Å². The van der Waals surface area contributed by atoms with E-state index < -0.39 is 17.9 Å². The average molecular weight is 197 g/mol. The lowest BCUT2D eigenvalue weighted by Crippen LogP contribution is -2.38. The molecule has 0 spiro atoms. The Morgan fingerprint density at radius 2 is 2.21 bits per heavy atom. The van der Waals surface area contributed by atoms with Crippen LogP contribution in [-0.4, -0.2) is 23.0 Å². The normalized spacial score (nSPS) is 12.1. The molecule has 0 aliphatic rings. The summed E-state index contributed by atoms with van der Waals surface area (Å²) in [4.78, 5) is 21.8. The smallest absolute Gasteiger partial charge is 0.325 e. The van der Waals surface area contributed by atoms with Gasteiger partial charge in [0.25, 0.3) is 5.91 Å². The fourth-order valence-electron chi connectivity index (χ4n) is 0.929. The van der Waals surface area contributed by atoms with Crippen LogP contribution in [0.2, 0.25) is 0 Å².